The van der Waals surface area contributed by atoms with E-state index in [-0.39, 0.29) is 34.2 Å². The molecule has 8 heteroatoms. The summed E-state index contributed by atoms with van der Waals surface area (Å²) in [6.07, 6.45) is 0. The minimum atomic E-state index is -0.671. The molecular formula is C29H21N3O5. The van der Waals surface area contributed by atoms with Crippen LogP contribution in [0.15, 0.2) is 109 Å². The number of benzene rings is 4. The Morgan fingerprint density at radius 1 is 0.730 bits per heavy atom. The van der Waals surface area contributed by atoms with Crippen molar-refractivity contribution < 1.29 is 19.3 Å². The van der Waals surface area contributed by atoms with Crippen LogP contribution in [-0.2, 0) is 0 Å². The molecule has 0 bridgehead atoms. The van der Waals surface area contributed by atoms with E-state index in [1.807, 2.05) is 36.4 Å². The van der Waals surface area contributed by atoms with Crippen LogP contribution in [0.4, 0.5) is 11.4 Å². The topological polar surface area (TPSA) is 109 Å². The Hall–Kier alpha value is -5.11. The highest BCUT2D eigenvalue weighted by molar-refractivity contribution is 6.12. The number of hydrogen-bond donors (Lipinski definition) is 1. The molecule has 1 N–H and O–H groups in total. The van der Waals surface area contributed by atoms with Crippen LogP contribution in [0.5, 0.6) is 0 Å². The van der Waals surface area contributed by atoms with E-state index in [0.29, 0.717) is 5.56 Å². The predicted octanol–water partition coefficient (Wildman–Crippen LogP) is 5.30. The van der Waals surface area contributed by atoms with Crippen molar-refractivity contribution in [1.29, 1.82) is 0 Å². The van der Waals surface area contributed by atoms with Crippen LogP contribution in [0, 0.1) is 10.1 Å². The van der Waals surface area contributed by atoms with Gasteiger partial charge in [0.2, 0.25) is 0 Å². The number of nitrogens with one attached hydrogen (secondary N) is 1. The fourth-order valence-corrected chi connectivity index (χ4v) is 4.37. The Labute approximate surface area is 212 Å². The molecule has 1 aliphatic heterocycles. The van der Waals surface area contributed by atoms with Crippen molar-refractivity contribution in [3.8, 4) is 0 Å². The standard InChI is InChI=1S/C29H21N3O5/c33-27(20-11-5-2-6-12-20)26-25(19-9-3-1-4-10-19)31(26)29(35)23-13-7-8-14-24(23)30-28(34)21-15-17-22(18-16-21)32(36)37/h1-18,25-26H,(H,30,34)/t25-,26-,31?/m0/s1. The summed E-state index contributed by atoms with van der Waals surface area (Å²) in [4.78, 5) is 51.8. The van der Waals surface area contributed by atoms with E-state index in [9.17, 15) is 24.5 Å². The maximum Gasteiger partial charge on any atom is 0.269 e. The van der Waals surface area contributed by atoms with Gasteiger partial charge in [0, 0.05) is 23.3 Å². The van der Waals surface area contributed by atoms with Crippen molar-refractivity contribution in [2.24, 2.45) is 0 Å². The first-order valence-corrected chi connectivity index (χ1v) is 11.6. The molecule has 2 amide bonds. The van der Waals surface area contributed by atoms with Crippen molar-refractivity contribution >= 4 is 29.0 Å². The van der Waals surface area contributed by atoms with Gasteiger partial charge in [0.25, 0.3) is 17.5 Å². The van der Waals surface area contributed by atoms with E-state index >= 15 is 0 Å². The Morgan fingerprint density at radius 3 is 1.97 bits per heavy atom. The molecule has 37 heavy (non-hydrogen) atoms. The first-order valence-electron chi connectivity index (χ1n) is 11.6. The lowest BCUT2D eigenvalue weighted by atomic mass is 10.0. The van der Waals surface area contributed by atoms with Crippen LogP contribution in [0.3, 0.4) is 0 Å². The number of carbonyl (C=O) groups is 3. The van der Waals surface area contributed by atoms with E-state index in [1.54, 1.807) is 48.5 Å². The highest BCUT2D eigenvalue weighted by atomic mass is 16.6. The van der Waals surface area contributed by atoms with Gasteiger partial charge in [-0.2, -0.15) is 0 Å². The number of nitro benzene ring substituents is 1. The lowest BCUT2D eigenvalue weighted by Crippen LogP contribution is -2.21. The van der Waals surface area contributed by atoms with Crippen LogP contribution in [0.2, 0.25) is 0 Å². The molecule has 0 aliphatic carbocycles. The van der Waals surface area contributed by atoms with Crippen molar-refractivity contribution in [2.45, 2.75) is 12.1 Å². The summed E-state index contributed by atoms with van der Waals surface area (Å²) in [6.45, 7) is 0. The summed E-state index contributed by atoms with van der Waals surface area (Å²) < 4.78 is 0. The number of nitro groups is 1. The molecule has 1 saturated heterocycles. The molecule has 8 nitrogen and oxygen atoms in total. The fourth-order valence-electron chi connectivity index (χ4n) is 4.37. The molecule has 1 heterocycles. The third kappa shape index (κ3) is 4.72. The molecule has 0 saturated carbocycles. The number of hydrogen-bond acceptors (Lipinski definition) is 5. The molecule has 1 aliphatic rings. The summed E-state index contributed by atoms with van der Waals surface area (Å²) in [5, 5.41) is 13.6. The Kier molecular flexibility index (Phi) is 6.30. The Balaban J connectivity index is 1.43. The molecule has 2 atom stereocenters. The van der Waals surface area contributed by atoms with Crippen molar-refractivity contribution in [2.75, 3.05) is 5.32 Å². The van der Waals surface area contributed by atoms with Gasteiger partial charge in [0.05, 0.1) is 22.2 Å². The molecule has 0 aromatic heterocycles. The Morgan fingerprint density at radius 2 is 1.32 bits per heavy atom. The van der Waals surface area contributed by atoms with E-state index in [4.69, 9.17) is 0 Å². The summed E-state index contributed by atoms with van der Waals surface area (Å²) in [7, 11) is 0. The molecule has 5 rings (SSSR count). The van der Waals surface area contributed by atoms with Crippen molar-refractivity contribution in [3.05, 3.63) is 142 Å². The van der Waals surface area contributed by atoms with Crippen LogP contribution >= 0.6 is 0 Å². The first-order chi connectivity index (χ1) is 18.0. The maximum atomic E-state index is 13.7. The normalized spacial score (nSPS) is 16.1. The number of carbonyl (C=O) groups excluding carboxylic acids is 3. The molecule has 1 fully saturated rings. The number of anilines is 1. The minimum absolute atomic E-state index is 0.130. The van der Waals surface area contributed by atoms with Crippen LogP contribution in [-0.4, -0.2) is 33.5 Å². The number of nitrogens with zero attached hydrogens (tertiary/aromatic N) is 2. The largest absolute Gasteiger partial charge is 0.321 e. The molecule has 4 aromatic rings. The number of ketones is 1. The first kappa shape index (κ1) is 23.6. The van der Waals surface area contributed by atoms with Crippen LogP contribution in [0.1, 0.15) is 42.7 Å². The van der Waals surface area contributed by atoms with Gasteiger partial charge in [-0.3, -0.25) is 24.5 Å². The van der Waals surface area contributed by atoms with Crippen molar-refractivity contribution in [3.63, 3.8) is 0 Å². The van der Waals surface area contributed by atoms with E-state index in [0.717, 1.165) is 5.56 Å². The summed E-state index contributed by atoms with van der Waals surface area (Å²) in [5.41, 5.74) is 1.96. The smallest absolute Gasteiger partial charge is 0.269 e. The monoisotopic (exact) mass is 491 g/mol. The van der Waals surface area contributed by atoms with Gasteiger partial charge >= 0.3 is 0 Å². The third-order valence-corrected chi connectivity index (χ3v) is 6.26. The SMILES string of the molecule is O=C(Nc1ccccc1C(=O)N1[C@H](C(=O)c2ccccc2)[C@@H]1c1ccccc1)c1ccc([N+](=O)[O-])cc1. The molecule has 4 aromatic carbocycles. The van der Waals surface area contributed by atoms with Gasteiger partial charge in [-0.25, -0.2) is 0 Å². The van der Waals surface area contributed by atoms with Crippen LogP contribution in [0.25, 0.3) is 0 Å². The lowest BCUT2D eigenvalue weighted by Gasteiger charge is -2.12. The number of para-hydroxylation sites is 1. The molecule has 0 spiro atoms. The molecule has 182 valence electrons. The highest BCUT2D eigenvalue weighted by Gasteiger charge is 2.56. The van der Waals surface area contributed by atoms with Gasteiger partial charge in [0.15, 0.2) is 5.78 Å². The summed E-state index contributed by atoms with van der Waals surface area (Å²) in [5.74, 6) is -1.06. The van der Waals surface area contributed by atoms with Crippen LogP contribution < -0.4 is 5.32 Å². The molecule has 0 radical (unpaired) electrons. The van der Waals surface area contributed by atoms with Crippen molar-refractivity contribution in [1.82, 2.24) is 4.90 Å². The molecular weight excluding hydrogens is 470 g/mol. The quantitative estimate of drug-likeness (QED) is 0.163. The maximum absolute atomic E-state index is 13.7. The van der Waals surface area contributed by atoms with E-state index < -0.39 is 22.9 Å². The minimum Gasteiger partial charge on any atom is -0.321 e. The highest BCUT2D eigenvalue weighted by Crippen LogP contribution is 2.46. The van der Waals surface area contributed by atoms with Gasteiger partial charge in [0.1, 0.15) is 6.04 Å². The number of Topliss-reactive ketones (excluding diaryl/α,β-unsaturated/α-hetero) is 1. The second kappa shape index (κ2) is 9.87. The second-order valence-electron chi connectivity index (χ2n) is 8.55. The zero-order valence-corrected chi connectivity index (χ0v) is 19.5. The predicted molar refractivity (Wildman–Crippen MR) is 137 cm³/mol. The molecule has 0 unspecified atom stereocenters. The Bertz CT molecular complexity index is 1490. The van der Waals surface area contributed by atoms with Gasteiger partial charge in [-0.15, -0.1) is 0 Å². The lowest BCUT2D eigenvalue weighted by molar-refractivity contribution is -0.384. The number of non-ortho nitro benzene ring substituents is 1. The zero-order chi connectivity index (χ0) is 25.9. The fraction of sp³-hybridized carbons (Fsp3) is 0.0690. The number of amides is 2. The van der Waals surface area contributed by atoms with E-state index in [1.165, 1.54) is 29.2 Å². The third-order valence-electron chi connectivity index (χ3n) is 6.26. The number of rotatable bonds is 7. The van der Waals surface area contributed by atoms with Gasteiger partial charge in [-0.1, -0.05) is 72.8 Å². The second-order valence-corrected chi connectivity index (χ2v) is 8.55. The van der Waals surface area contributed by atoms with E-state index in [2.05, 4.69) is 5.32 Å². The van der Waals surface area contributed by atoms with Gasteiger partial charge in [-0.05, 0) is 29.8 Å². The zero-order valence-electron chi connectivity index (χ0n) is 19.5. The van der Waals surface area contributed by atoms with Gasteiger partial charge < -0.3 is 10.2 Å². The average Bonchev–Trinajstić information content (AvgIpc) is 3.69. The average molecular weight is 492 g/mol. The summed E-state index contributed by atoms with van der Waals surface area (Å²) >= 11 is 0. The summed E-state index contributed by atoms with van der Waals surface area (Å²) in [6, 6.07) is 28.8.